The fourth-order valence-corrected chi connectivity index (χ4v) is 2.79. The van der Waals surface area contributed by atoms with E-state index in [1.165, 1.54) is 18.4 Å². The Bertz CT molecular complexity index is 355. The van der Waals surface area contributed by atoms with E-state index in [1.54, 1.807) is 12.1 Å². The molecule has 0 bridgehead atoms. The third kappa shape index (κ3) is 3.30. The van der Waals surface area contributed by atoms with Crippen molar-refractivity contribution < 1.29 is 4.39 Å². The third-order valence-corrected chi connectivity index (χ3v) is 4.04. The molecule has 0 spiro atoms. The molecule has 0 amide bonds. The normalized spacial score (nSPS) is 19.9. The molecule has 1 atom stereocenters. The van der Waals surface area contributed by atoms with Gasteiger partial charge in [-0.1, -0.05) is 12.1 Å². The van der Waals surface area contributed by atoms with Crippen LogP contribution in [0, 0.1) is 11.7 Å². The van der Waals surface area contributed by atoms with Gasteiger partial charge in [-0.05, 0) is 70.1 Å². The molecule has 1 N–H and O–H groups in total. The SMILES string of the molecule is CNCC1CCN(C(C)c2ccc(F)cc2)CC1. The van der Waals surface area contributed by atoms with Crippen LogP contribution in [0.1, 0.15) is 31.4 Å². The highest BCUT2D eigenvalue weighted by molar-refractivity contribution is 5.19. The van der Waals surface area contributed by atoms with Crippen LogP contribution in [0.3, 0.4) is 0 Å². The van der Waals surface area contributed by atoms with Gasteiger partial charge in [-0.25, -0.2) is 4.39 Å². The minimum Gasteiger partial charge on any atom is -0.319 e. The van der Waals surface area contributed by atoms with Gasteiger partial charge in [0.2, 0.25) is 0 Å². The molecule has 100 valence electrons. The summed E-state index contributed by atoms with van der Waals surface area (Å²) in [7, 11) is 2.02. The molecule has 1 unspecified atom stereocenters. The first kappa shape index (κ1) is 13.5. The van der Waals surface area contributed by atoms with E-state index in [0.29, 0.717) is 6.04 Å². The van der Waals surface area contributed by atoms with Gasteiger partial charge in [-0.2, -0.15) is 0 Å². The van der Waals surface area contributed by atoms with Crippen molar-refractivity contribution in [3.05, 3.63) is 35.6 Å². The van der Waals surface area contributed by atoms with Crippen molar-refractivity contribution in [3.8, 4) is 0 Å². The van der Waals surface area contributed by atoms with Crippen molar-refractivity contribution in [1.29, 1.82) is 0 Å². The lowest BCUT2D eigenvalue weighted by Gasteiger charge is -2.36. The molecule has 1 fully saturated rings. The summed E-state index contributed by atoms with van der Waals surface area (Å²) in [5, 5.41) is 3.26. The standard InChI is InChI=1S/C15H23FN2/c1-12(14-3-5-15(16)6-4-14)18-9-7-13(8-10-18)11-17-2/h3-6,12-13,17H,7-11H2,1-2H3. The second kappa shape index (κ2) is 6.30. The molecule has 0 radical (unpaired) electrons. The number of halogens is 1. The molecule has 0 saturated carbocycles. The van der Waals surface area contributed by atoms with E-state index in [4.69, 9.17) is 0 Å². The minimum atomic E-state index is -0.154. The predicted octanol–water partition coefficient (Wildman–Crippen LogP) is 2.82. The first-order valence-electron chi connectivity index (χ1n) is 6.85. The van der Waals surface area contributed by atoms with Crippen LogP contribution in [0.25, 0.3) is 0 Å². The molecule has 1 aromatic rings. The fraction of sp³-hybridized carbons (Fsp3) is 0.600. The van der Waals surface area contributed by atoms with Crippen LogP contribution in [0.2, 0.25) is 0 Å². The number of hydrogen-bond donors (Lipinski definition) is 1. The smallest absolute Gasteiger partial charge is 0.123 e. The zero-order valence-corrected chi connectivity index (χ0v) is 11.3. The van der Waals surface area contributed by atoms with Gasteiger partial charge in [0.25, 0.3) is 0 Å². The summed E-state index contributed by atoms with van der Waals surface area (Å²) < 4.78 is 12.9. The van der Waals surface area contributed by atoms with Gasteiger partial charge in [-0.15, -0.1) is 0 Å². The number of rotatable bonds is 4. The Morgan fingerprint density at radius 1 is 1.28 bits per heavy atom. The monoisotopic (exact) mass is 250 g/mol. The second-order valence-corrected chi connectivity index (χ2v) is 5.26. The van der Waals surface area contributed by atoms with Crippen molar-refractivity contribution in [2.75, 3.05) is 26.7 Å². The number of benzene rings is 1. The molecule has 1 aliphatic rings. The Morgan fingerprint density at radius 3 is 2.44 bits per heavy atom. The molecule has 3 heteroatoms. The Balaban J connectivity index is 1.91. The van der Waals surface area contributed by atoms with Crippen molar-refractivity contribution >= 4 is 0 Å². The zero-order valence-electron chi connectivity index (χ0n) is 11.3. The Labute approximate surface area is 109 Å². The summed E-state index contributed by atoms with van der Waals surface area (Å²) >= 11 is 0. The van der Waals surface area contributed by atoms with Gasteiger partial charge >= 0.3 is 0 Å². The topological polar surface area (TPSA) is 15.3 Å². The van der Waals surface area contributed by atoms with Gasteiger partial charge in [-0.3, -0.25) is 4.90 Å². The van der Waals surface area contributed by atoms with Gasteiger partial charge in [0.05, 0.1) is 0 Å². The summed E-state index contributed by atoms with van der Waals surface area (Å²) in [6.07, 6.45) is 2.51. The fourth-order valence-electron chi connectivity index (χ4n) is 2.79. The van der Waals surface area contributed by atoms with Crippen molar-refractivity contribution in [2.24, 2.45) is 5.92 Å². The summed E-state index contributed by atoms with van der Waals surface area (Å²) in [5.41, 5.74) is 1.21. The van der Waals surface area contributed by atoms with Crippen molar-refractivity contribution in [1.82, 2.24) is 10.2 Å². The highest BCUT2D eigenvalue weighted by Gasteiger charge is 2.22. The van der Waals surface area contributed by atoms with Crippen LogP contribution in [0.15, 0.2) is 24.3 Å². The number of hydrogen-bond acceptors (Lipinski definition) is 2. The van der Waals surface area contributed by atoms with E-state index in [0.717, 1.165) is 25.6 Å². The van der Waals surface area contributed by atoms with Gasteiger partial charge in [0, 0.05) is 6.04 Å². The summed E-state index contributed by atoms with van der Waals surface area (Å²) in [5.74, 6) is 0.658. The van der Waals surface area contributed by atoms with E-state index >= 15 is 0 Å². The molecule has 1 saturated heterocycles. The number of nitrogens with one attached hydrogen (secondary N) is 1. The molecular weight excluding hydrogens is 227 g/mol. The van der Waals surface area contributed by atoms with Crippen LogP contribution in [0.5, 0.6) is 0 Å². The van der Waals surface area contributed by atoms with Crippen LogP contribution in [-0.4, -0.2) is 31.6 Å². The predicted molar refractivity (Wildman–Crippen MR) is 73.0 cm³/mol. The molecule has 2 rings (SSSR count). The van der Waals surface area contributed by atoms with E-state index in [1.807, 2.05) is 19.2 Å². The highest BCUT2D eigenvalue weighted by Crippen LogP contribution is 2.26. The largest absolute Gasteiger partial charge is 0.319 e. The van der Waals surface area contributed by atoms with Crippen molar-refractivity contribution in [3.63, 3.8) is 0 Å². The molecule has 18 heavy (non-hydrogen) atoms. The quantitative estimate of drug-likeness (QED) is 0.884. The maximum Gasteiger partial charge on any atom is 0.123 e. The Morgan fingerprint density at radius 2 is 1.89 bits per heavy atom. The summed E-state index contributed by atoms with van der Waals surface area (Å²) in [6, 6.07) is 7.31. The zero-order chi connectivity index (χ0) is 13.0. The third-order valence-electron chi connectivity index (χ3n) is 4.04. The maximum atomic E-state index is 12.9. The maximum absolute atomic E-state index is 12.9. The first-order chi connectivity index (χ1) is 8.70. The lowest BCUT2D eigenvalue weighted by atomic mass is 9.94. The number of likely N-dealkylation sites (tertiary alicyclic amines) is 1. The van der Waals surface area contributed by atoms with Gasteiger partial charge < -0.3 is 5.32 Å². The van der Waals surface area contributed by atoms with Crippen LogP contribution < -0.4 is 5.32 Å². The van der Waals surface area contributed by atoms with Crippen LogP contribution in [-0.2, 0) is 0 Å². The molecule has 1 heterocycles. The first-order valence-corrected chi connectivity index (χ1v) is 6.85. The van der Waals surface area contributed by atoms with Gasteiger partial charge in [0.15, 0.2) is 0 Å². The van der Waals surface area contributed by atoms with E-state index in [9.17, 15) is 4.39 Å². The van der Waals surface area contributed by atoms with Crippen LogP contribution in [0.4, 0.5) is 4.39 Å². The minimum absolute atomic E-state index is 0.154. The molecule has 0 aromatic heterocycles. The van der Waals surface area contributed by atoms with Gasteiger partial charge in [0.1, 0.15) is 5.82 Å². The molecule has 2 nitrogen and oxygen atoms in total. The summed E-state index contributed by atoms with van der Waals surface area (Å²) in [6.45, 7) is 5.63. The number of nitrogens with zero attached hydrogens (tertiary/aromatic N) is 1. The van der Waals surface area contributed by atoms with E-state index in [2.05, 4.69) is 17.1 Å². The number of piperidine rings is 1. The van der Waals surface area contributed by atoms with Crippen molar-refractivity contribution in [2.45, 2.75) is 25.8 Å². The van der Waals surface area contributed by atoms with E-state index < -0.39 is 0 Å². The second-order valence-electron chi connectivity index (χ2n) is 5.26. The average Bonchev–Trinajstić information content (AvgIpc) is 2.40. The van der Waals surface area contributed by atoms with Crippen LogP contribution >= 0.6 is 0 Å². The Hall–Kier alpha value is -0.930. The van der Waals surface area contributed by atoms with E-state index in [-0.39, 0.29) is 5.82 Å². The Kier molecular flexibility index (Phi) is 4.72. The average molecular weight is 250 g/mol. The lowest BCUT2D eigenvalue weighted by molar-refractivity contribution is 0.141. The molecular formula is C15H23FN2. The molecule has 1 aliphatic heterocycles. The summed E-state index contributed by atoms with van der Waals surface area (Å²) in [4.78, 5) is 2.50. The molecule has 0 aliphatic carbocycles. The highest BCUT2D eigenvalue weighted by atomic mass is 19.1. The molecule has 1 aromatic carbocycles. The lowest BCUT2D eigenvalue weighted by Crippen LogP contribution is -2.38.